The number of rotatable bonds is 5. The molecule has 1 unspecified atom stereocenters. The Bertz CT molecular complexity index is 622. The molecule has 1 atom stereocenters. The molecule has 0 saturated heterocycles. The molecule has 2 rings (SSSR count). The number of thiazole rings is 1. The van der Waals surface area contributed by atoms with Crippen molar-refractivity contribution in [2.75, 3.05) is 6.54 Å². The summed E-state index contributed by atoms with van der Waals surface area (Å²) in [7, 11) is 0. The van der Waals surface area contributed by atoms with Crippen molar-refractivity contribution >= 4 is 33.2 Å². The number of aryl methyl sites for hydroxylation is 1. The van der Waals surface area contributed by atoms with Crippen molar-refractivity contribution in [2.24, 2.45) is 5.73 Å². The third kappa shape index (κ3) is 4.12. The standard InChI is InChI=1S/C15H18BrN3OS/c1-10-19-13(9-21-10)7-8-18-14(20)15(2,17)11-3-5-12(16)6-4-11/h3-6,9H,7-8,17H2,1-2H3,(H,18,20). The van der Waals surface area contributed by atoms with E-state index in [-0.39, 0.29) is 5.91 Å². The largest absolute Gasteiger partial charge is 0.354 e. The highest BCUT2D eigenvalue weighted by atomic mass is 79.9. The van der Waals surface area contributed by atoms with Crippen LogP contribution >= 0.6 is 27.3 Å². The molecule has 1 heterocycles. The summed E-state index contributed by atoms with van der Waals surface area (Å²) in [5.41, 5.74) is 6.92. The Labute approximate surface area is 136 Å². The first-order valence-electron chi connectivity index (χ1n) is 6.64. The zero-order chi connectivity index (χ0) is 15.5. The minimum atomic E-state index is -1.04. The van der Waals surface area contributed by atoms with Crippen LogP contribution in [0.3, 0.4) is 0 Å². The minimum Gasteiger partial charge on any atom is -0.354 e. The van der Waals surface area contributed by atoms with Gasteiger partial charge in [0.05, 0.1) is 10.7 Å². The lowest BCUT2D eigenvalue weighted by Crippen LogP contribution is -2.49. The highest BCUT2D eigenvalue weighted by Crippen LogP contribution is 2.20. The van der Waals surface area contributed by atoms with Gasteiger partial charge in [-0.25, -0.2) is 4.98 Å². The van der Waals surface area contributed by atoms with Crippen LogP contribution < -0.4 is 11.1 Å². The Kier molecular flexibility index (Phi) is 5.13. The van der Waals surface area contributed by atoms with E-state index in [1.807, 2.05) is 36.6 Å². The number of aromatic nitrogens is 1. The number of nitrogens with one attached hydrogen (secondary N) is 1. The first-order chi connectivity index (χ1) is 9.89. The fraction of sp³-hybridized carbons (Fsp3) is 0.333. The normalized spacial score (nSPS) is 13.7. The topological polar surface area (TPSA) is 68.0 Å². The maximum absolute atomic E-state index is 12.3. The Hall–Kier alpha value is -1.24. The van der Waals surface area contributed by atoms with Crippen LogP contribution in [0.25, 0.3) is 0 Å². The predicted molar refractivity (Wildman–Crippen MR) is 89.2 cm³/mol. The van der Waals surface area contributed by atoms with Gasteiger partial charge in [0.2, 0.25) is 5.91 Å². The molecule has 0 aliphatic heterocycles. The second-order valence-electron chi connectivity index (χ2n) is 5.07. The van der Waals surface area contributed by atoms with E-state index < -0.39 is 5.54 Å². The first-order valence-corrected chi connectivity index (χ1v) is 8.31. The molecule has 21 heavy (non-hydrogen) atoms. The zero-order valence-corrected chi connectivity index (χ0v) is 14.4. The van der Waals surface area contributed by atoms with Crippen LogP contribution in [0.2, 0.25) is 0 Å². The molecule has 0 saturated carbocycles. The molecule has 0 aliphatic carbocycles. The van der Waals surface area contributed by atoms with Gasteiger partial charge in [0.15, 0.2) is 0 Å². The highest BCUT2D eigenvalue weighted by molar-refractivity contribution is 9.10. The van der Waals surface area contributed by atoms with Gasteiger partial charge >= 0.3 is 0 Å². The number of halogens is 1. The van der Waals surface area contributed by atoms with Crippen LogP contribution in [0.4, 0.5) is 0 Å². The van der Waals surface area contributed by atoms with Crippen LogP contribution in [0, 0.1) is 6.92 Å². The smallest absolute Gasteiger partial charge is 0.244 e. The van der Waals surface area contributed by atoms with E-state index in [9.17, 15) is 4.79 Å². The molecule has 3 N–H and O–H groups in total. The van der Waals surface area contributed by atoms with E-state index in [0.717, 1.165) is 20.7 Å². The molecule has 2 aromatic rings. The van der Waals surface area contributed by atoms with Gasteiger partial charge in [-0.05, 0) is 31.5 Å². The molecule has 112 valence electrons. The molecule has 0 fully saturated rings. The quantitative estimate of drug-likeness (QED) is 0.853. The summed E-state index contributed by atoms with van der Waals surface area (Å²) < 4.78 is 0.960. The van der Waals surface area contributed by atoms with E-state index >= 15 is 0 Å². The Morgan fingerprint density at radius 3 is 2.67 bits per heavy atom. The Balaban J connectivity index is 1.93. The lowest BCUT2D eigenvalue weighted by Gasteiger charge is -2.24. The summed E-state index contributed by atoms with van der Waals surface area (Å²) in [6, 6.07) is 7.47. The monoisotopic (exact) mass is 367 g/mol. The summed E-state index contributed by atoms with van der Waals surface area (Å²) >= 11 is 4.99. The highest BCUT2D eigenvalue weighted by Gasteiger charge is 2.30. The van der Waals surface area contributed by atoms with Crippen LogP contribution in [0.1, 0.15) is 23.2 Å². The van der Waals surface area contributed by atoms with Crippen LogP contribution in [-0.4, -0.2) is 17.4 Å². The average molecular weight is 368 g/mol. The van der Waals surface area contributed by atoms with Gasteiger partial charge in [-0.15, -0.1) is 11.3 Å². The molecule has 1 amide bonds. The molecule has 6 heteroatoms. The van der Waals surface area contributed by atoms with E-state index in [1.165, 1.54) is 0 Å². The maximum atomic E-state index is 12.3. The lowest BCUT2D eigenvalue weighted by atomic mass is 9.92. The average Bonchev–Trinajstić information content (AvgIpc) is 2.85. The van der Waals surface area contributed by atoms with E-state index in [1.54, 1.807) is 18.3 Å². The van der Waals surface area contributed by atoms with Crippen molar-refractivity contribution in [3.63, 3.8) is 0 Å². The van der Waals surface area contributed by atoms with Crippen LogP contribution in [0.5, 0.6) is 0 Å². The van der Waals surface area contributed by atoms with E-state index in [4.69, 9.17) is 5.73 Å². The fourth-order valence-electron chi connectivity index (χ4n) is 1.94. The van der Waals surface area contributed by atoms with Gasteiger partial charge in [0.1, 0.15) is 5.54 Å². The van der Waals surface area contributed by atoms with Gasteiger partial charge in [0, 0.05) is 22.8 Å². The van der Waals surface area contributed by atoms with Crippen LogP contribution in [-0.2, 0) is 16.8 Å². The molecule has 0 bridgehead atoms. The number of carbonyl (C=O) groups excluding carboxylic acids is 1. The van der Waals surface area contributed by atoms with Gasteiger partial charge in [-0.3, -0.25) is 4.79 Å². The molecular weight excluding hydrogens is 350 g/mol. The third-order valence-corrected chi connectivity index (χ3v) is 4.60. The van der Waals surface area contributed by atoms with Crippen molar-refractivity contribution in [3.05, 3.63) is 50.4 Å². The molecular formula is C15H18BrN3OS. The second kappa shape index (κ2) is 6.68. The summed E-state index contributed by atoms with van der Waals surface area (Å²) in [6.45, 7) is 4.22. The molecule has 0 spiro atoms. The van der Waals surface area contributed by atoms with E-state index in [0.29, 0.717) is 13.0 Å². The molecule has 1 aromatic carbocycles. The number of hydrogen-bond acceptors (Lipinski definition) is 4. The van der Waals surface area contributed by atoms with Gasteiger partial charge in [-0.1, -0.05) is 28.1 Å². The zero-order valence-electron chi connectivity index (χ0n) is 12.0. The second-order valence-corrected chi connectivity index (χ2v) is 7.05. The Morgan fingerprint density at radius 2 is 2.10 bits per heavy atom. The molecule has 4 nitrogen and oxygen atoms in total. The van der Waals surface area contributed by atoms with Crippen LogP contribution in [0.15, 0.2) is 34.1 Å². The number of hydrogen-bond donors (Lipinski definition) is 2. The summed E-state index contributed by atoms with van der Waals surface area (Å²) in [5, 5.41) is 5.93. The predicted octanol–water partition coefficient (Wildman–Crippen LogP) is 2.75. The van der Waals surface area contributed by atoms with Gasteiger partial charge < -0.3 is 11.1 Å². The molecule has 0 radical (unpaired) electrons. The Morgan fingerprint density at radius 1 is 1.43 bits per heavy atom. The summed E-state index contributed by atoms with van der Waals surface area (Å²) in [4.78, 5) is 16.6. The van der Waals surface area contributed by atoms with Crippen molar-refractivity contribution in [1.82, 2.24) is 10.3 Å². The van der Waals surface area contributed by atoms with E-state index in [2.05, 4.69) is 26.2 Å². The molecule has 1 aromatic heterocycles. The van der Waals surface area contributed by atoms with Gasteiger partial charge in [-0.2, -0.15) is 0 Å². The first kappa shape index (κ1) is 16.1. The summed E-state index contributed by atoms with van der Waals surface area (Å²) in [5.74, 6) is -0.184. The number of carbonyl (C=O) groups is 1. The fourth-order valence-corrected chi connectivity index (χ4v) is 2.85. The SMILES string of the molecule is Cc1nc(CCNC(=O)C(C)(N)c2ccc(Br)cc2)cs1. The number of benzene rings is 1. The van der Waals surface area contributed by atoms with Gasteiger partial charge in [0.25, 0.3) is 0 Å². The number of nitrogens with two attached hydrogens (primary N) is 1. The maximum Gasteiger partial charge on any atom is 0.244 e. The number of amides is 1. The minimum absolute atomic E-state index is 0.184. The molecule has 0 aliphatic rings. The third-order valence-electron chi connectivity index (χ3n) is 3.25. The van der Waals surface area contributed by atoms with Crippen molar-refractivity contribution in [1.29, 1.82) is 0 Å². The lowest BCUT2D eigenvalue weighted by molar-refractivity contribution is -0.126. The van der Waals surface area contributed by atoms with Crippen molar-refractivity contribution < 1.29 is 4.79 Å². The summed E-state index contributed by atoms with van der Waals surface area (Å²) in [6.07, 6.45) is 0.715. The van der Waals surface area contributed by atoms with Crippen molar-refractivity contribution in [2.45, 2.75) is 25.8 Å². The number of nitrogens with zero attached hydrogens (tertiary/aromatic N) is 1. The van der Waals surface area contributed by atoms with Crippen molar-refractivity contribution in [3.8, 4) is 0 Å².